The second kappa shape index (κ2) is 42.2. The number of carbonyl (C=O) groups is 2. The SMILES string of the molecule is CC/C=C\C/C=C\C/C=C\C/C=C\C/C=C\C/C=C\C/C=C\CCCCCCCC(=O)OC(CO)COC(=O)CCCCCCC/C=C\CCCC. The van der Waals surface area contributed by atoms with Crippen molar-refractivity contribution in [1.82, 2.24) is 0 Å². The molecule has 52 heavy (non-hydrogen) atoms. The van der Waals surface area contributed by atoms with Crippen LogP contribution in [-0.4, -0.2) is 36.4 Å². The molecule has 0 saturated carbocycles. The maximum atomic E-state index is 12.2. The lowest BCUT2D eigenvalue weighted by atomic mass is 10.1. The molecule has 0 amide bonds. The monoisotopic (exact) mass is 721 g/mol. The van der Waals surface area contributed by atoms with Gasteiger partial charge in [0.15, 0.2) is 6.10 Å². The van der Waals surface area contributed by atoms with Crippen molar-refractivity contribution in [2.75, 3.05) is 13.2 Å². The maximum absolute atomic E-state index is 12.2. The van der Waals surface area contributed by atoms with Gasteiger partial charge in [0.25, 0.3) is 0 Å². The Balaban J connectivity index is 3.66. The van der Waals surface area contributed by atoms with Crippen LogP contribution in [-0.2, 0) is 19.1 Å². The van der Waals surface area contributed by atoms with Crippen LogP contribution in [0, 0.1) is 0 Å². The summed E-state index contributed by atoms with van der Waals surface area (Å²) in [5.74, 6) is -0.635. The van der Waals surface area contributed by atoms with Crippen molar-refractivity contribution in [3.63, 3.8) is 0 Å². The summed E-state index contributed by atoms with van der Waals surface area (Å²) in [4.78, 5) is 24.2. The normalized spacial score (nSPS) is 13.2. The average Bonchev–Trinajstić information content (AvgIpc) is 3.15. The van der Waals surface area contributed by atoms with Crippen LogP contribution in [0.2, 0.25) is 0 Å². The molecule has 1 unspecified atom stereocenters. The highest BCUT2D eigenvalue weighted by molar-refractivity contribution is 5.70. The molecule has 1 atom stereocenters. The topological polar surface area (TPSA) is 72.8 Å². The van der Waals surface area contributed by atoms with E-state index in [4.69, 9.17) is 9.47 Å². The number of aliphatic hydroxyl groups is 1. The summed E-state index contributed by atoms with van der Waals surface area (Å²) in [6.45, 7) is 3.94. The van der Waals surface area contributed by atoms with Crippen molar-refractivity contribution >= 4 is 11.9 Å². The van der Waals surface area contributed by atoms with E-state index in [1.165, 1.54) is 32.1 Å². The van der Waals surface area contributed by atoms with Crippen LogP contribution < -0.4 is 0 Å². The number of unbranched alkanes of at least 4 members (excludes halogenated alkanes) is 12. The van der Waals surface area contributed by atoms with Gasteiger partial charge in [0, 0.05) is 12.8 Å². The molecule has 0 fully saturated rings. The largest absolute Gasteiger partial charge is 0.462 e. The predicted octanol–water partition coefficient (Wildman–Crippen LogP) is 13.3. The fraction of sp³-hybridized carbons (Fsp3) is 0.617. The Hall–Kier alpha value is -3.18. The summed E-state index contributed by atoms with van der Waals surface area (Å²) >= 11 is 0. The minimum atomic E-state index is -0.790. The molecular formula is C47H76O5. The highest BCUT2D eigenvalue weighted by Gasteiger charge is 2.16. The van der Waals surface area contributed by atoms with Crippen molar-refractivity contribution in [2.24, 2.45) is 0 Å². The Bertz CT molecular complexity index is 1040. The van der Waals surface area contributed by atoms with Crippen LogP contribution >= 0.6 is 0 Å². The Morgan fingerprint density at radius 2 is 0.827 bits per heavy atom. The summed E-state index contributed by atoms with van der Waals surface area (Å²) in [5, 5.41) is 9.55. The van der Waals surface area contributed by atoms with Gasteiger partial charge in [0.05, 0.1) is 6.61 Å². The molecule has 0 aromatic heterocycles. The van der Waals surface area contributed by atoms with Gasteiger partial charge in [0.1, 0.15) is 6.61 Å². The quantitative estimate of drug-likeness (QED) is 0.0396. The first-order chi connectivity index (χ1) is 25.6. The van der Waals surface area contributed by atoms with Gasteiger partial charge in [-0.3, -0.25) is 9.59 Å². The molecule has 0 aromatic carbocycles. The third-order valence-corrected chi connectivity index (χ3v) is 8.36. The lowest BCUT2D eigenvalue weighted by molar-refractivity contribution is -0.161. The molecule has 5 heteroatoms. The second-order valence-corrected chi connectivity index (χ2v) is 13.3. The maximum Gasteiger partial charge on any atom is 0.306 e. The summed E-state index contributed by atoms with van der Waals surface area (Å²) in [7, 11) is 0. The number of ether oxygens (including phenoxy) is 2. The zero-order valence-corrected chi connectivity index (χ0v) is 33.3. The van der Waals surface area contributed by atoms with Crippen molar-refractivity contribution in [3.8, 4) is 0 Å². The first-order valence-electron chi connectivity index (χ1n) is 20.8. The fourth-order valence-corrected chi connectivity index (χ4v) is 5.22. The number of allylic oxidation sites excluding steroid dienone is 16. The molecule has 0 radical (unpaired) electrons. The molecular weight excluding hydrogens is 645 g/mol. The molecule has 0 rings (SSSR count). The number of hydrogen-bond donors (Lipinski definition) is 1. The van der Waals surface area contributed by atoms with Crippen LogP contribution in [0.4, 0.5) is 0 Å². The molecule has 5 nitrogen and oxygen atoms in total. The minimum Gasteiger partial charge on any atom is -0.462 e. The second-order valence-electron chi connectivity index (χ2n) is 13.3. The van der Waals surface area contributed by atoms with E-state index in [1.807, 2.05) is 0 Å². The van der Waals surface area contributed by atoms with Crippen LogP contribution in [0.1, 0.15) is 168 Å². The average molecular weight is 721 g/mol. The lowest BCUT2D eigenvalue weighted by Crippen LogP contribution is -2.28. The predicted molar refractivity (Wildman–Crippen MR) is 223 cm³/mol. The Morgan fingerprint density at radius 3 is 1.27 bits per heavy atom. The number of hydrogen-bond acceptors (Lipinski definition) is 5. The highest BCUT2D eigenvalue weighted by Crippen LogP contribution is 2.11. The van der Waals surface area contributed by atoms with Gasteiger partial charge in [0.2, 0.25) is 0 Å². The standard InChI is InChI=1S/C47H76O5/c1-3-5-7-9-11-13-15-16-17-18-19-20-21-22-23-24-25-26-27-28-29-30-32-34-36-38-40-42-47(50)52-45(43-48)44-51-46(49)41-39-37-35-33-31-14-12-10-8-6-4-2/h5,7,10-13,16-17,19-20,22-23,25-26,28-29,45,48H,3-4,6,8-9,14-15,18,21,24,27,30-44H2,1-2H3/b7-5-,12-10-,13-11-,17-16-,20-19-,23-22-,26-25-,29-28-. The smallest absolute Gasteiger partial charge is 0.306 e. The van der Waals surface area contributed by atoms with Gasteiger partial charge in [-0.05, 0) is 89.9 Å². The van der Waals surface area contributed by atoms with E-state index >= 15 is 0 Å². The molecule has 0 aliphatic heterocycles. The molecule has 0 bridgehead atoms. The molecule has 0 aliphatic rings. The third-order valence-electron chi connectivity index (χ3n) is 8.36. The van der Waals surface area contributed by atoms with E-state index in [9.17, 15) is 14.7 Å². The summed E-state index contributed by atoms with van der Waals surface area (Å²) in [5.41, 5.74) is 0. The van der Waals surface area contributed by atoms with E-state index in [0.29, 0.717) is 12.8 Å². The first kappa shape index (κ1) is 48.8. The van der Waals surface area contributed by atoms with E-state index < -0.39 is 6.10 Å². The fourth-order valence-electron chi connectivity index (χ4n) is 5.22. The van der Waals surface area contributed by atoms with Crippen molar-refractivity contribution in [2.45, 2.75) is 174 Å². The number of carbonyl (C=O) groups excluding carboxylic acids is 2. The molecule has 0 saturated heterocycles. The number of esters is 2. The van der Waals surface area contributed by atoms with Crippen molar-refractivity contribution in [1.29, 1.82) is 0 Å². The van der Waals surface area contributed by atoms with Crippen molar-refractivity contribution < 1.29 is 24.2 Å². The van der Waals surface area contributed by atoms with Crippen LogP contribution in [0.15, 0.2) is 97.2 Å². The van der Waals surface area contributed by atoms with E-state index in [2.05, 4.69) is 111 Å². The summed E-state index contributed by atoms with van der Waals surface area (Å²) in [6.07, 6.45) is 59.0. The number of rotatable bonds is 36. The zero-order chi connectivity index (χ0) is 37.8. The van der Waals surface area contributed by atoms with E-state index in [0.717, 1.165) is 109 Å². The van der Waals surface area contributed by atoms with Crippen molar-refractivity contribution in [3.05, 3.63) is 97.2 Å². The van der Waals surface area contributed by atoms with Crippen LogP contribution in [0.5, 0.6) is 0 Å². The Labute approximate surface area is 319 Å². The van der Waals surface area contributed by atoms with Gasteiger partial charge in [-0.1, -0.05) is 162 Å². The zero-order valence-electron chi connectivity index (χ0n) is 33.3. The molecule has 0 spiro atoms. The Morgan fingerprint density at radius 1 is 0.462 bits per heavy atom. The molecule has 0 aliphatic carbocycles. The molecule has 294 valence electrons. The number of aliphatic hydroxyl groups excluding tert-OH is 1. The van der Waals surface area contributed by atoms with E-state index in [-0.39, 0.29) is 25.2 Å². The molecule has 1 N–H and O–H groups in total. The molecule has 0 aromatic rings. The van der Waals surface area contributed by atoms with Gasteiger partial charge in [-0.2, -0.15) is 0 Å². The summed E-state index contributed by atoms with van der Waals surface area (Å²) < 4.78 is 10.6. The van der Waals surface area contributed by atoms with Crippen LogP contribution in [0.25, 0.3) is 0 Å². The van der Waals surface area contributed by atoms with Gasteiger partial charge in [-0.25, -0.2) is 0 Å². The minimum absolute atomic E-state index is 0.0843. The van der Waals surface area contributed by atoms with Crippen LogP contribution in [0.3, 0.4) is 0 Å². The van der Waals surface area contributed by atoms with E-state index in [1.54, 1.807) is 0 Å². The van der Waals surface area contributed by atoms with Gasteiger partial charge in [-0.15, -0.1) is 0 Å². The third kappa shape index (κ3) is 39.6. The Kier molecular flexibility index (Phi) is 39.7. The molecule has 0 heterocycles. The first-order valence-corrected chi connectivity index (χ1v) is 20.8. The van der Waals surface area contributed by atoms with Gasteiger partial charge >= 0.3 is 11.9 Å². The highest BCUT2D eigenvalue weighted by atomic mass is 16.6. The lowest BCUT2D eigenvalue weighted by Gasteiger charge is -2.15. The summed E-state index contributed by atoms with van der Waals surface area (Å²) in [6, 6.07) is 0. The van der Waals surface area contributed by atoms with Gasteiger partial charge < -0.3 is 14.6 Å².